The highest BCUT2D eigenvalue weighted by Gasteiger charge is 2.56. The number of carboxylic acid groups (broad SMARTS) is 1. The highest BCUT2D eigenvalue weighted by molar-refractivity contribution is 5.84. The van der Waals surface area contributed by atoms with E-state index in [2.05, 4.69) is 6.92 Å². The lowest BCUT2D eigenvalue weighted by Gasteiger charge is -2.24. The summed E-state index contributed by atoms with van der Waals surface area (Å²) in [6.45, 7) is 3.04. The predicted octanol–water partition coefficient (Wildman–Crippen LogP) is 1.66. The largest absolute Gasteiger partial charge is 0.481 e. The maximum absolute atomic E-state index is 12.5. The van der Waals surface area contributed by atoms with Crippen LogP contribution in [0.5, 0.6) is 0 Å². The molecule has 1 amide bonds. The normalized spacial score (nSPS) is 40.0. The summed E-state index contributed by atoms with van der Waals surface area (Å²) in [6, 6.07) is 0. The lowest BCUT2D eigenvalue weighted by Crippen LogP contribution is -2.41. The van der Waals surface area contributed by atoms with Crippen molar-refractivity contribution in [2.24, 2.45) is 11.3 Å². The third kappa shape index (κ3) is 2.03. The molecule has 3 fully saturated rings. The molecule has 3 rings (SSSR count). The van der Waals surface area contributed by atoms with Gasteiger partial charge < -0.3 is 14.7 Å². The van der Waals surface area contributed by atoms with Crippen LogP contribution in [-0.2, 0) is 14.3 Å². The van der Waals surface area contributed by atoms with Gasteiger partial charge in [-0.2, -0.15) is 0 Å². The molecule has 0 aromatic heterocycles. The number of hydrogen-bond acceptors (Lipinski definition) is 3. The molecular formula is C15H23NO4. The Kier molecular flexibility index (Phi) is 3.48. The van der Waals surface area contributed by atoms with E-state index in [9.17, 15) is 14.7 Å². The van der Waals surface area contributed by atoms with E-state index in [1.807, 2.05) is 0 Å². The SMILES string of the molecule is CCC1CCC(C(=O)N2C[C@@H]3CCC[C@@]3(C(=O)O)C2)O1. The molecule has 1 aliphatic carbocycles. The molecule has 0 bridgehead atoms. The van der Waals surface area contributed by atoms with Gasteiger partial charge in [-0.25, -0.2) is 0 Å². The van der Waals surface area contributed by atoms with Crippen LogP contribution in [0.1, 0.15) is 45.4 Å². The Morgan fingerprint density at radius 3 is 2.75 bits per heavy atom. The van der Waals surface area contributed by atoms with Gasteiger partial charge in [0.1, 0.15) is 6.10 Å². The molecule has 20 heavy (non-hydrogen) atoms. The van der Waals surface area contributed by atoms with Crippen LogP contribution < -0.4 is 0 Å². The van der Waals surface area contributed by atoms with Crippen molar-refractivity contribution in [2.75, 3.05) is 13.1 Å². The summed E-state index contributed by atoms with van der Waals surface area (Å²) in [5.74, 6) is -0.586. The van der Waals surface area contributed by atoms with Crippen LogP contribution in [0.2, 0.25) is 0 Å². The monoisotopic (exact) mass is 281 g/mol. The van der Waals surface area contributed by atoms with Crippen LogP contribution in [0.15, 0.2) is 0 Å². The smallest absolute Gasteiger partial charge is 0.311 e. The van der Waals surface area contributed by atoms with E-state index >= 15 is 0 Å². The first-order valence-corrected chi connectivity index (χ1v) is 7.74. The molecule has 0 spiro atoms. The number of ether oxygens (including phenoxy) is 1. The number of nitrogens with zero attached hydrogens (tertiary/aromatic N) is 1. The molecule has 0 radical (unpaired) electrons. The van der Waals surface area contributed by atoms with E-state index in [4.69, 9.17) is 4.74 Å². The van der Waals surface area contributed by atoms with E-state index in [1.165, 1.54) is 0 Å². The number of fused-ring (bicyclic) bond motifs is 1. The molecule has 5 heteroatoms. The molecule has 2 saturated heterocycles. The number of carbonyl (C=O) groups excluding carboxylic acids is 1. The van der Waals surface area contributed by atoms with Crippen molar-refractivity contribution in [2.45, 2.75) is 57.7 Å². The van der Waals surface area contributed by atoms with Crippen molar-refractivity contribution in [1.82, 2.24) is 4.90 Å². The van der Waals surface area contributed by atoms with Gasteiger partial charge in [0.25, 0.3) is 5.91 Å². The zero-order valence-electron chi connectivity index (χ0n) is 12.0. The van der Waals surface area contributed by atoms with E-state index < -0.39 is 11.4 Å². The summed E-state index contributed by atoms with van der Waals surface area (Å²) in [7, 11) is 0. The number of carbonyl (C=O) groups is 2. The Bertz CT molecular complexity index is 424. The van der Waals surface area contributed by atoms with Crippen molar-refractivity contribution in [1.29, 1.82) is 0 Å². The third-order valence-electron chi connectivity index (χ3n) is 5.45. The van der Waals surface area contributed by atoms with Gasteiger partial charge in [-0.05, 0) is 38.0 Å². The van der Waals surface area contributed by atoms with E-state index in [0.717, 1.165) is 32.1 Å². The minimum Gasteiger partial charge on any atom is -0.481 e. The molecule has 2 aliphatic heterocycles. The molecule has 2 heterocycles. The van der Waals surface area contributed by atoms with Crippen molar-refractivity contribution < 1.29 is 19.4 Å². The lowest BCUT2D eigenvalue weighted by atomic mass is 9.81. The van der Waals surface area contributed by atoms with Crippen LogP contribution in [0.25, 0.3) is 0 Å². The lowest BCUT2D eigenvalue weighted by molar-refractivity contribution is -0.150. The summed E-state index contributed by atoms with van der Waals surface area (Å²) >= 11 is 0. The van der Waals surface area contributed by atoms with Crippen molar-refractivity contribution >= 4 is 11.9 Å². The van der Waals surface area contributed by atoms with Gasteiger partial charge in [-0.15, -0.1) is 0 Å². The fourth-order valence-electron chi connectivity index (χ4n) is 4.20. The van der Waals surface area contributed by atoms with Crippen LogP contribution in [0.3, 0.4) is 0 Å². The average molecular weight is 281 g/mol. The molecule has 1 N–H and O–H groups in total. The van der Waals surface area contributed by atoms with Crippen LogP contribution in [-0.4, -0.2) is 47.2 Å². The summed E-state index contributed by atoms with van der Waals surface area (Å²) in [6.07, 6.45) is 5.11. The zero-order valence-corrected chi connectivity index (χ0v) is 12.0. The van der Waals surface area contributed by atoms with Crippen molar-refractivity contribution in [3.63, 3.8) is 0 Å². The maximum atomic E-state index is 12.5. The van der Waals surface area contributed by atoms with Gasteiger partial charge in [-0.1, -0.05) is 13.3 Å². The number of aliphatic carboxylic acids is 1. The summed E-state index contributed by atoms with van der Waals surface area (Å²) in [5.41, 5.74) is -0.682. The first kappa shape index (κ1) is 13.9. The Labute approximate surface area is 119 Å². The molecule has 2 unspecified atom stereocenters. The molecule has 0 aromatic rings. The fourth-order valence-corrected chi connectivity index (χ4v) is 4.20. The van der Waals surface area contributed by atoms with E-state index in [1.54, 1.807) is 4.90 Å². The average Bonchev–Trinajstić information content (AvgIpc) is 3.11. The Morgan fingerprint density at radius 1 is 1.35 bits per heavy atom. The molecule has 5 nitrogen and oxygen atoms in total. The van der Waals surface area contributed by atoms with E-state index in [0.29, 0.717) is 19.5 Å². The minimum atomic E-state index is -0.728. The number of likely N-dealkylation sites (tertiary alicyclic amines) is 1. The van der Waals surface area contributed by atoms with Gasteiger partial charge in [0.2, 0.25) is 0 Å². The molecular weight excluding hydrogens is 258 g/mol. The van der Waals surface area contributed by atoms with Gasteiger partial charge in [0.15, 0.2) is 0 Å². The second kappa shape index (κ2) is 5.02. The third-order valence-corrected chi connectivity index (χ3v) is 5.45. The molecule has 4 atom stereocenters. The second-order valence-corrected chi connectivity index (χ2v) is 6.50. The Morgan fingerprint density at radius 2 is 2.15 bits per heavy atom. The first-order valence-electron chi connectivity index (χ1n) is 7.74. The number of rotatable bonds is 3. The zero-order chi connectivity index (χ0) is 14.3. The van der Waals surface area contributed by atoms with Gasteiger partial charge >= 0.3 is 5.97 Å². The number of hydrogen-bond donors (Lipinski definition) is 1. The summed E-state index contributed by atoms with van der Waals surface area (Å²) < 4.78 is 5.76. The Hall–Kier alpha value is -1.10. The van der Waals surface area contributed by atoms with Gasteiger partial charge in [0, 0.05) is 13.1 Å². The highest BCUT2D eigenvalue weighted by Crippen LogP contribution is 2.49. The first-order chi connectivity index (χ1) is 9.56. The predicted molar refractivity (Wildman–Crippen MR) is 72.2 cm³/mol. The maximum Gasteiger partial charge on any atom is 0.311 e. The molecule has 112 valence electrons. The number of amides is 1. The number of carboxylic acids is 1. The fraction of sp³-hybridized carbons (Fsp3) is 0.867. The second-order valence-electron chi connectivity index (χ2n) is 6.50. The van der Waals surface area contributed by atoms with Crippen molar-refractivity contribution in [3.05, 3.63) is 0 Å². The molecule has 1 saturated carbocycles. The van der Waals surface area contributed by atoms with Crippen molar-refractivity contribution in [3.8, 4) is 0 Å². The molecule has 3 aliphatic rings. The topological polar surface area (TPSA) is 66.8 Å². The Balaban J connectivity index is 1.68. The van der Waals surface area contributed by atoms with Gasteiger partial charge in [-0.3, -0.25) is 9.59 Å². The summed E-state index contributed by atoms with van der Waals surface area (Å²) in [5, 5.41) is 9.55. The van der Waals surface area contributed by atoms with E-state index in [-0.39, 0.29) is 24.0 Å². The molecule has 0 aromatic carbocycles. The quantitative estimate of drug-likeness (QED) is 0.854. The van der Waals surface area contributed by atoms with Gasteiger partial charge in [0.05, 0.1) is 11.5 Å². The van der Waals surface area contributed by atoms with Crippen LogP contribution >= 0.6 is 0 Å². The standard InChI is InChI=1S/C15H23NO4/c1-2-11-5-6-12(20-11)13(17)16-8-10-4-3-7-15(10,9-16)14(18)19/h10-12H,2-9H2,1H3,(H,18,19)/t10-,11?,12?,15+/m0/s1. The minimum absolute atomic E-state index is 0.0102. The van der Waals surface area contributed by atoms with Crippen LogP contribution in [0.4, 0.5) is 0 Å². The van der Waals surface area contributed by atoms with Crippen LogP contribution in [0, 0.1) is 11.3 Å². The highest BCUT2D eigenvalue weighted by atomic mass is 16.5. The summed E-state index contributed by atoms with van der Waals surface area (Å²) in [4.78, 5) is 25.9.